The molecule has 0 radical (unpaired) electrons. The minimum atomic E-state index is -2.88. The van der Waals surface area contributed by atoms with Crippen LogP contribution in [0.5, 0.6) is 5.88 Å². The molecule has 0 amide bonds. The lowest BCUT2D eigenvalue weighted by Gasteiger charge is -2.36. The molecule has 9 heteroatoms. The van der Waals surface area contributed by atoms with Crippen molar-refractivity contribution >= 4 is 22.4 Å². The first-order valence-corrected chi connectivity index (χ1v) is 10.1. The van der Waals surface area contributed by atoms with E-state index >= 15 is 0 Å². The first kappa shape index (κ1) is 19.6. The van der Waals surface area contributed by atoms with Crippen molar-refractivity contribution in [3.8, 4) is 17.0 Å². The highest BCUT2D eigenvalue weighted by atomic mass is 19.3. The van der Waals surface area contributed by atoms with E-state index in [2.05, 4.69) is 20.4 Å². The SMILES string of the molecule is COc1nc(N[C@@H]2CCN(C)CC2(F)F)nn2ccc(-c3ccc4ncccc4c3)c12. The number of methoxy groups -OCH3 is 1. The van der Waals surface area contributed by atoms with Crippen molar-refractivity contribution in [2.45, 2.75) is 18.4 Å². The Morgan fingerprint density at radius 2 is 2.10 bits per heavy atom. The molecule has 1 saturated heterocycles. The summed E-state index contributed by atoms with van der Waals surface area (Å²) in [5.74, 6) is -2.44. The average Bonchev–Trinajstić information content (AvgIpc) is 3.18. The lowest BCUT2D eigenvalue weighted by molar-refractivity contribution is -0.0675. The molecule has 160 valence electrons. The Hall–Kier alpha value is -3.33. The zero-order valence-electron chi connectivity index (χ0n) is 17.2. The molecule has 1 aliphatic heterocycles. The fourth-order valence-electron chi connectivity index (χ4n) is 4.12. The van der Waals surface area contributed by atoms with Gasteiger partial charge in [-0.25, -0.2) is 13.3 Å². The fourth-order valence-corrected chi connectivity index (χ4v) is 4.12. The van der Waals surface area contributed by atoms with Gasteiger partial charge in [0.25, 0.3) is 5.92 Å². The largest absolute Gasteiger partial charge is 0.479 e. The second-order valence-corrected chi connectivity index (χ2v) is 7.86. The second-order valence-electron chi connectivity index (χ2n) is 7.86. The van der Waals surface area contributed by atoms with Crippen LogP contribution in [0.4, 0.5) is 14.7 Å². The number of fused-ring (bicyclic) bond motifs is 2. The van der Waals surface area contributed by atoms with Crippen molar-refractivity contribution in [1.29, 1.82) is 0 Å². The topological polar surface area (TPSA) is 67.6 Å². The molecule has 4 heterocycles. The van der Waals surface area contributed by atoms with E-state index in [0.29, 0.717) is 24.4 Å². The van der Waals surface area contributed by atoms with E-state index in [1.165, 1.54) is 7.11 Å². The zero-order valence-corrected chi connectivity index (χ0v) is 17.2. The van der Waals surface area contributed by atoms with E-state index in [-0.39, 0.29) is 12.5 Å². The summed E-state index contributed by atoms with van der Waals surface area (Å²) in [5, 5.41) is 8.27. The Bertz CT molecular complexity index is 1260. The molecule has 7 nitrogen and oxygen atoms in total. The molecule has 4 aromatic rings. The van der Waals surface area contributed by atoms with Gasteiger partial charge < -0.3 is 15.0 Å². The van der Waals surface area contributed by atoms with Gasteiger partial charge in [0.15, 0.2) is 0 Å². The number of piperidine rings is 1. The Morgan fingerprint density at radius 1 is 1.23 bits per heavy atom. The molecule has 5 rings (SSSR count). The van der Waals surface area contributed by atoms with Crippen molar-refractivity contribution in [1.82, 2.24) is 24.5 Å². The van der Waals surface area contributed by atoms with Gasteiger partial charge in [-0.15, -0.1) is 5.10 Å². The van der Waals surface area contributed by atoms with E-state index < -0.39 is 12.0 Å². The lowest BCUT2D eigenvalue weighted by Crippen LogP contribution is -2.53. The quantitative estimate of drug-likeness (QED) is 0.539. The smallest absolute Gasteiger partial charge is 0.280 e. The van der Waals surface area contributed by atoms with Crippen molar-refractivity contribution in [3.63, 3.8) is 0 Å². The molecule has 1 aliphatic rings. The number of halogens is 2. The number of benzene rings is 1. The van der Waals surface area contributed by atoms with Crippen LogP contribution in [-0.2, 0) is 0 Å². The highest BCUT2D eigenvalue weighted by Crippen LogP contribution is 2.34. The van der Waals surface area contributed by atoms with Gasteiger partial charge in [-0.2, -0.15) is 4.98 Å². The third kappa shape index (κ3) is 3.54. The number of ether oxygens (including phenoxy) is 1. The van der Waals surface area contributed by atoms with Gasteiger partial charge in [0.2, 0.25) is 11.8 Å². The number of aromatic nitrogens is 4. The summed E-state index contributed by atoms with van der Waals surface area (Å²) in [6, 6.07) is 10.8. The standard InChI is InChI=1S/C22H22F2N6O/c1-29-10-8-18(22(23,24)13-29)26-21-27-20(31-2)19-16(7-11-30(19)28-21)14-5-6-17-15(12-14)4-3-9-25-17/h3-7,9,11-12,18H,8,10,13H2,1-2H3,(H,26,28)/t18-/m1/s1. The molecule has 0 saturated carbocycles. The summed E-state index contributed by atoms with van der Waals surface area (Å²) in [5.41, 5.74) is 3.43. The molecule has 0 spiro atoms. The molecular formula is C22H22F2N6O. The van der Waals surface area contributed by atoms with E-state index in [1.807, 2.05) is 36.4 Å². The van der Waals surface area contributed by atoms with Crippen molar-refractivity contribution in [2.75, 3.05) is 32.6 Å². The van der Waals surface area contributed by atoms with Crippen LogP contribution in [0.25, 0.3) is 27.5 Å². The minimum absolute atomic E-state index is 0.114. The van der Waals surface area contributed by atoms with Crippen LogP contribution in [0.2, 0.25) is 0 Å². The highest BCUT2D eigenvalue weighted by molar-refractivity contribution is 5.90. The van der Waals surface area contributed by atoms with Gasteiger partial charge in [-0.05, 0) is 43.3 Å². The first-order valence-electron chi connectivity index (χ1n) is 10.1. The summed E-state index contributed by atoms with van der Waals surface area (Å²) in [6.45, 7) is 0.283. The summed E-state index contributed by atoms with van der Waals surface area (Å²) < 4.78 is 36.0. The summed E-state index contributed by atoms with van der Waals surface area (Å²) >= 11 is 0. The number of alkyl halides is 2. The molecule has 1 fully saturated rings. The van der Waals surface area contributed by atoms with E-state index in [9.17, 15) is 8.78 Å². The number of nitrogens with one attached hydrogen (secondary N) is 1. The van der Waals surface area contributed by atoms with Crippen LogP contribution in [-0.4, -0.2) is 63.7 Å². The zero-order chi connectivity index (χ0) is 21.6. The monoisotopic (exact) mass is 424 g/mol. The van der Waals surface area contributed by atoms with E-state index in [4.69, 9.17) is 4.74 Å². The number of likely N-dealkylation sites (tertiary alicyclic amines) is 1. The molecule has 31 heavy (non-hydrogen) atoms. The number of rotatable bonds is 4. The highest BCUT2D eigenvalue weighted by Gasteiger charge is 2.44. The molecule has 1 N–H and O–H groups in total. The molecule has 0 aliphatic carbocycles. The second kappa shape index (κ2) is 7.42. The fraction of sp³-hybridized carbons (Fsp3) is 0.318. The predicted octanol–water partition coefficient (Wildman–Crippen LogP) is 3.70. The normalized spacial score (nSPS) is 19.0. The number of pyridine rings is 1. The number of nitrogens with zero attached hydrogens (tertiary/aromatic N) is 5. The van der Waals surface area contributed by atoms with Gasteiger partial charge in [-0.1, -0.05) is 12.1 Å². The van der Waals surface area contributed by atoms with Gasteiger partial charge in [0.05, 0.1) is 25.2 Å². The van der Waals surface area contributed by atoms with Gasteiger partial charge in [-0.3, -0.25) is 4.98 Å². The van der Waals surface area contributed by atoms with Crippen LogP contribution in [0.1, 0.15) is 6.42 Å². The van der Waals surface area contributed by atoms with Crippen LogP contribution >= 0.6 is 0 Å². The number of anilines is 1. The average molecular weight is 424 g/mol. The molecular weight excluding hydrogens is 402 g/mol. The third-order valence-corrected chi connectivity index (χ3v) is 5.68. The van der Waals surface area contributed by atoms with Gasteiger partial charge in [0, 0.05) is 29.9 Å². The van der Waals surface area contributed by atoms with Crippen molar-refractivity contribution < 1.29 is 13.5 Å². The minimum Gasteiger partial charge on any atom is -0.479 e. The van der Waals surface area contributed by atoms with Crippen LogP contribution < -0.4 is 10.1 Å². The van der Waals surface area contributed by atoms with Crippen molar-refractivity contribution in [2.24, 2.45) is 0 Å². The first-order chi connectivity index (χ1) is 14.9. The molecule has 1 aromatic carbocycles. The Balaban J connectivity index is 1.53. The van der Waals surface area contributed by atoms with Crippen LogP contribution in [0.3, 0.4) is 0 Å². The maximum Gasteiger partial charge on any atom is 0.280 e. The number of hydrogen-bond donors (Lipinski definition) is 1. The third-order valence-electron chi connectivity index (χ3n) is 5.68. The number of hydrogen-bond acceptors (Lipinski definition) is 6. The van der Waals surface area contributed by atoms with Gasteiger partial charge in [0.1, 0.15) is 5.52 Å². The molecule has 0 unspecified atom stereocenters. The molecule has 0 bridgehead atoms. The Kier molecular flexibility index (Phi) is 4.70. The van der Waals surface area contributed by atoms with Crippen LogP contribution in [0, 0.1) is 0 Å². The molecule has 3 aromatic heterocycles. The molecule has 1 atom stereocenters. The van der Waals surface area contributed by atoms with Gasteiger partial charge >= 0.3 is 0 Å². The van der Waals surface area contributed by atoms with Crippen molar-refractivity contribution in [3.05, 3.63) is 48.8 Å². The summed E-state index contributed by atoms with van der Waals surface area (Å²) in [4.78, 5) is 10.4. The van der Waals surface area contributed by atoms with E-state index in [1.54, 1.807) is 28.9 Å². The van der Waals surface area contributed by atoms with E-state index in [0.717, 1.165) is 22.0 Å². The Morgan fingerprint density at radius 3 is 2.90 bits per heavy atom. The predicted molar refractivity (Wildman–Crippen MR) is 115 cm³/mol. The Labute approximate surface area is 177 Å². The van der Waals surface area contributed by atoms with Crippen LogP contribution in [0.15, 0.2) is 48.8 Å². The maximum atomic E-state index is 14.5. The summed E-state index contributed by atoms with van der Waals surface area (Å²) in [6.07, 6.45) is 3.84. The lowest BCUT2D eigenvalue weighted by atomic mass is 10.0. The maximum absolute atomic E-state index is 14.5. The summed E-state index contributed by atoms with van der Waals surface area (Å²) in [7, 11) is 3.21.